The van der Waals surface area contributed by atoms with E-state index in [0.29, 0.717) is 18.0 Å². The SMILES string of the molecule is Cc1cc(C)cc(CN(CCCC[N+]2(Cc3cc(C)cc(C)c3)CCCCC2)S(=O)(=O)c2ccc3ccccc3c2)c1.[Br-]. The Balaban J connectivity index is 0.00000423. The van der Waals surface area contributed by atoms with Crippen LogP contribution < -0.4 is 17.0 Å². The van der Waals surface area contributed by atoms with E-state index < -0.39 is 10.0 Å². The third-order valence-corrected chi connectivity index (χ3v) is 10.7. The average Bonchev–Trinajstić information content (AvgIpc) is 2.94. The van der Waals surface area contributed by atoms with Gasteiger partial charge in [-0.1, -0.05) is 89.0 Å². The van der Waals surface area contributed by atoms with Crippen molar-refractivity contribution in [3.8, 4) is 0 Å². The number of rotatable bonds is 11. The Labute approximate surface area is 270 Å². The van der Waals surface area contributed by atoms with Gasteiger partial charge in [0.2, 0.25) is 10.0 Å². The molecule has 4 aromatic rings. The van der Waals surface area contributed by atoms with E-state index in [9.17, 15) is 8.42 Å². The van der Waals surface area contributed by atoms with Crippen LogP contribution in [0.25, 0.3) is 10.8 Å². The van der Waals surface area contributed by atoms with Crippen molar-refractivity contribution < 1.29 is 29.9 Å². The van der Waals surface area contributed by atoms with Crippen LogP contribution in [0.1, 0.15) is 65.5 Å². The van der Waals surface area contributed by atoms with E-state index in [1.807, 2.05) is 36.4 Å². The number of halogens is 1. The van der Waals surface area contributed by atoms with Gasteiger partial charge in [0.15, 0.2) is 0 Å². The number of unbranched alkanes of at least 4 members (excludes halogenated alkanes) is 1. The summed E-state index contributed by atoms with van der Waals surface area (Å²) >= 11 is 0. The predicted molar refractivity (Wildman–Crippen MR) is 175 cm³/mol. The monoisotopic (exact) mass is 662 g/mol. The highest BCUT2D eigenvalue weighted by atomic mass is 79.9. The van der Waals surface area contributed by atoms with Crippen molar-refractivity contribution in [3.05, 3.63) is 112 Å². The van der Waals surface area contributed by atoms with Crippen LogP contribution in [0.4, 0.5) is 0 Å². The van der Waals surface area contributed by atoms with E-state index in [0.717, 1.165) is 57.9 Å². The first kappa shape index (κ1) is 33.4. The number of piperidine rings is 1. The molecule has 1 aliphatic heterocycles. The Bertz CT molecular complexity index is 1600. The lowest BCUT2D eigenvalue weighted by molar-refractivity contribution is -0.945. The molecule has 0 unspecified atom stereocenters. The maximum Gasteiger partial charge on any atom is 0.243 e. The molecule has 0 spiro atoms. The molecular weight excluding hydrogens is 616 g/mol. The van der Waals surface area contributed by atoms with Crippen LogP contribution in [-0.2, 0) is 23.1 Å². The standard InChI is InChI=1S/C37H47N2O2S.BrH/c1-29-20-30(2)23-33(22-29)27-38(42(40,41)37-15-14-35-12-6-7-13-36(35)26-37)16-8-11-19-39(17-9-5-10-18-39)28-34-24-31(3)21-32(4)25-34;/h6-7,12-15,20-26H,5,8-11,16-19,27-28H2,1-4H3;1H/q+1;/p-1. The molecule has 1 fully saturated rings. The molecule has 4 aromatic carbocycles. The fourth-order valence-corrected chi connectivity index (χ4v) is 8.55. The van der Waals surface area contributed by atoms with Gasteiger partial charge in [0.25, 0.3) is 0 Å². The van der Waals surface area contributed by atoms with Crippen molar-refractivity contribution >= 4 is 20.8 Å². The molecular formula is C37H47BrN2O2S. The maximum atomic E-state index is 14.1. The number of sulfonamides is 1. The van der Waals surface area contributed by atoms with Crippen LogP contribution >= 0.6 is 0 Å². The van der Waals surface area contributed by atoms with Crippen molar-refractivity contribution in [1.29, 1.82) is 0 Å². The third kappa shape index (κ3) is 8.57. The van der Waals surface area contributed by atoms with Crippen molar-refractivity contribution in [2.45, 2.75) is 77.8 Å². The van der Waals surface area contributed by atoms with Gasteiger partial charge in [-0.25, -0.2) is 8.42 Å². The average molecular weight is 664 g/mol. The topological polar surface area (TPSA) is 37.4 Å². The zero-order valence-electron chi connectivity index (χ0n) is 26.3. The summed E-state index contributed by atoms with van der Waals surface area (Å²) in [5.41, 5.74) is 7.48. The number of hydrogen-bond donors (Lipinski definition) is 0. The van der Waals surface area contributed by atoms with E-state index in [-0.39, 0.29) is 17.0 Å². The second-order valence-corrected chi connectivity index (χ2v) is 14.7. The van der Waals surface area contributed by atoms with Crippen molar-refractivity contribution in [2.24, 2.45) is 0 Å². The van der Waals surface area contributed by atoms with Crippen molar-refractivity contribution in [1.82, 2.24) is 4.31 Å². The number of nitrogens with zero attached hydrogens (tertiary/aromatic N) is 2. The zero-order chi connectivity index (χ0) is 29.7. The number of likely N-dealkylation sites (tertiary alicyclic amines) is 1. The highest BCUT2D eigenvalue weighted by Crippen LogP contribution is 2.27. The largest absolute Gasteiger partial charge is 1.00 e. The molecule has 1 aliphatic rings. The van der Waals surface area contributed by atoms with Gasteiger partial charge < -0.3 is 21.5 Å². The predicted octanol–water partition coefficient (Wildman–Crippen LogP) is 5.25. The van der Waals surface area contributed by atoms with Gasteiger partial charge in [-0.2, -0.15) is 4.31 Å². The summed E-state index contributed by atoms with van der Waals surface area (Å²) in [6, 6.07) is 26.8. The van der Waals surface area contributed by atoms with Gasteiger partial charge >= 0.3 is 0 Å². The summed E-state index contributed by atoms with van der Waals surface area (Å²) in [7, 11) is -3.67. The first-order valence-corrected chi connectivity index (χ1v) is 17.0. The van der Waals surface area contributed by atoms with Crippen molar-refractivity contribution in [2.75, 3.05) is 26.2 Å². The highest BCUT2D eigenvalue weighted by Gasteiger charge is 2.31. The Morgan fingerprint density at radius 1 is 0.674 bits per heavy atom. The van der Waals surface area contributed by atoms with Gasteiger partial charge in [0.05, 0.1) is 24.5 Å². The molecule has 0 aromatic heterocycles. The highest BCUT2D eigenvalue weighted by molar-refractivity contribution is 7.89. The van der Waals surface area contributed by atoms with Gasteiger partial charge in [-0.05, 0) is 88.3 Å². The summed E-state index contributed by atoms with van der Waals surface area (Å²) in [6.07, 6.45) is 5.74. The zero-order valence-corrected chi connectivity index (χ0v) is 28.7. The molecule has 1 saturated heterocycles. The van der Waals surface area contributed by atoms with Gasteiger partial charge in [0.1, 0.15) is 6.54 Å². The number of aryl methyl sites for hydroxylation is 4. The summed E-state index contributed by atoms with van der Waals surface area (Å²) in [5.74, 6) is 0. The van der Waals surface area contributed by atoms with Crippen LogP contribution in [-0.4, -0.2) is 43.4 Å². The van der Waals surface area contributed by atoms with Gasteiger partial charge in [-0.15, -0.1) is 0 Å². The van der Waals surface area contributed by atoms with Crippen LogP contribution in [0.5, 0.6) is 0 Å². The lowest BCUT2D eigenvalue weighted by Gasteiger charge is -2.42. The minimum atomic E-state index is -3.67. The van der Waals surface area contributed by atoms with Crippen LogP contribution in [0.15, 0.2) is 83.8 Å². The van der Waals surface area contributed by atoms with Crippen LogP contribution in [0, 0.1) is 27.7 Å². The molecule has 0 amide bonds. The second-order valence-electron chi connectivity index (χ2n) is 12.8. The Hall–Kier alpha value is -2.51. The number of quaternary nitrogens is 1. The van der Waals surface area contributed by atoms with Crippen LogP contribution in [0.2, 0.25) is 0 Å². The molecule has 4 nitrogen and oxygen atoms in total. The summed E-state index contributed by atoms with van der Waals surface area (Å²) < 4.78 is 31.1. The minimum absolute atomic E-state index is 0. The molecule has 43 heavy (non-hydrogen) atoms. The molecule has 0 saturated carbocycles. The Morgan fingerprint density at radius 2 is 1.26 bits per heavy atom. The fraction of sp³-hybridized carbons (Fsp3) is 0.405. The number of fused-ring (bicyclic) bond motifs is 1. The quantitative estimate of drug-likeness (QED) is 0.163. The molecule has 0 aliphatic carbocycles. The second kappa shape index (κ2) is 14.5. The molecule has 0 radical (unpaired) electrons. The van der Waals surface area contributed by atoms with Crippen molar-refractivity contribution in [3.63, 3.8) is 0 Å². The van der Waals surface area contributed by atoms with E-state index in [2.05, 4.69) is 64.1 Å². The first-order valence-electron chi connectivity index (χ1n) is 15.6. The molecule has 1 heterocycles. The summed E-state index contributed by atoms with van der Waals surface area (Å²) in [5, 5.41) is 2.00. The Morgan fingerprint density at radius 3 is 1.88 bits per heavy atom. The molecule has 0 N–H and O–H groups in total. The van der Waals surface area contributed by atoms with Gasteiger partial charge in [0, 0.05) is 18.7 Å². The first-order chi connectivity index (χ1) is 20.1. The van der Waals surface area contributed by atoms with E-state index in [4.69, 9.17) is 0 Å². The normalized spacial score (nSPS) is 15.0. The minimum Gasteiger partial charge on any atom is -1.00 e. The van der Waals surface area contributed by atoms with Crippen LogP contribution in [0.3, 0.4) is 0 Å². The van der Waals surface area contributed by atoms with E-state index >= 15 is 0 Å². The fourth-order valence-electron chi connectivity index (χ4n) is 7.05. The molecule has 5 rings (SSSR count). The lowest BCUT2D eigenvalue weighted by Crippen LogP contribution is -3.00. The number of benzene rings is 4. The molecule has 6 heteroatoms. The summed E-state index contributed by atoms with van der Waals surface area (Å²) in [6.45, 7) is 14.1. The Kier molecular flexibility index (Phi) is 11.3. The molecule has 230 valence electrons. The summed E-state index contributed by atoms with van der Waals surface area (Å²) in [4.78, 5) is 0.375. The van der Waals surface area contributed by atoms with Gasteiger partial charge in [-0.3, -0.25) is 0 Å². The smallest absolute Gasteiger partial charge is 0.243 e. The lowest BCUT2D eigenvalue weighted by atomic mass is 10.0. The van der Waals surface area contributed by atoms with E-state index in [1.54, 1.807) is 10.4 Å². The number of hydrogen-bond acceptors (Lipinski definition) is 2. The third-order valence-electron chi connectivity index (χ3n) is 8.85. The molecule has 0 bridgehead atoms. The molecule has 0 atom stereocenters. The van der Waals surface area contributed by atoms with E-state index in [1.165, 1.54) is 49.0 Å². The maximum absolute atomic E-state index is 14.1.